The van der Waals surface area contributed by atoms with Crippen LogP contribution in [0.2, 0.25) is 0 Å². The fraction of sp³-hybridized carbons (Fsp3) is 0.632. The minimum absolute atomic E-state index is 0.367. The highest BCUT2D eigenvalue weighted by molar-refractivity contribution is 9.10. The molecule has 0 saturated carbocycles. The fourth-order valence-electron chi connectivity index (χ4n) is 2.75. The van der Waals surface area contributed by atoms with E-state index in [-0.39, 0.29) is 0 Å². The molecular weight excluding hydrogens is 382 g/mol. The van der Waals surface area contributed by atoms with Crippen molar-refractivity contribution in [1.82, 2.24) is 10.2 Å². The van der Waals surface area contributed by atoms with Gasteiger partial charge in [0.2, 0.25) is 0 Å². The highest BCUT2D eigenvalue weighted by atomic mass is 79.9. The zero-order chi connectivity index (χ0) is 17.9. The number of benzene rings is 1. The Labute approximate surface area is 159 Å². The highest BCUT2D eigenvalue weighted by Crippen LogP contribution is 2.12. The topological polar surface area (TPSA) is 46.1 Å². The van der Waals surface area contributed by atoms with Gasteiger partial charge in [-0.25, -0.2) is 0 Å². The van der Waals surface area contributed by atoms with Crippen LogP contribution in [0.25, 0.3) is 0 Å². The number of rotatable bonds is 8. The molecule has 140 valence electrons. The van der Waals surface area contributed by atoms with Gasteiger partial charge in [-0.2, -0.15) is 0 Å². The number of nitrogens with zero attached hydrogens (tertiary/aromatic N) is 2. The van der Waals surface area contributed by atoms with Crippen molar-refractivity contribution < 1.29 is 9.47 Å². The predicted octanol–water partition coefficient (Wildman–Crippen LogP) is 3.43. The number of ether oxygens (including phenoxy) is 2. The first kappa shape index (κ1) is 20.2. The number of guanidine groups is 1. The van der Waals surface area contributed by atoms with Gasteiger partial charge >= 0.3 is 0 Å². The minimum atomic E-state index is 0.367. The summed E-state index contributed by atoms with van der Waals surface area (Å²) in [6.45, 7) is 6.99. The van der Waals surface area contributed by atoms with Crippen molar-refractivity contribution in [2.45, 2.75) is 38.8 Å². The Hall–Kier alpha value is -1.11. The molecule has 1 fully saturated rings. The lowest BCUT2D eigenvalue weighted by atomic mass is 10.1. The molecule has 1 aromatic rings. The molecule has 5 nitrogen and oxygen atoms in total. The first-order valence-corrected chi connectivity index (χ1v) is 9.91. The highest BCUT2D eigenvalue weighted by Gasteiger charge is 2.13. The van der Waals surface area contributed by atoms with Crippen LogP contribution in [0.3, 0.4) is 0 Å². The Bertz CT molecular complexity index is 516. The second kappa shape index (κ2) is 11.5. The molecule has 25 heavy (non-hydrogen) atoms. The molecular formula is C19H30BrN3O2. The molecule has 0 spiro atoms. The van der Waals surface area contributed by atoms with Crippen LogP contribution in [0, 0.1) is 0 Å². The Morgan fingerprint density at radius 3 is 2.72 bits per heavy atom. The van der Waals surface area contributed by atoms with E-state index in [0.717, 1.165) is 69.1 Å². The van der Waals surface area contributed by atoms with Gasteiger partial charge in [0.1, 0.15) is 0 Å². The normalized spacial score (nSPS) is 16.0. The zero-order valence-electron chi connectivity index (χ0n) is 15.3. The Kier molecular flexibility index (Phi) is 9.29. The van der Waals surface area contributed by atoms with E-state index in [9.17, 15) is 0 Å². The zero-order valence-corrected chi connectivity index (χ0v) is 16.9. The molecule has 1 N–H and O–H groups in total. The van der Waals surface area contributed by atoms with Crippen molar-refractivity contribution in [3.05, 3.63) is 34.3 Å². The average molecular weight is 412 g/mol. The summed E-state index contributed by atoms with van der Waals surface area (Å²) in [6, 6.07) is 8.40. The number of hydrogen-bond donors (Lipinski definition) is 1. The number of halogens is 1. The van der Waals surface area contributed by atoms with Crippen LogP contribution >= 0.6 is 15.9 Å². The maximum absolute atomic E-state index is 5.90. The summed E-state index contributed by atoms with van der Waals surface area (Å²) >= 11 is 3.47. The summed E-state index contributed by atoms with van der Waals surface area (Å²) in [6.07, 6.45) is 3.34. The monoisotopic (exact) mass is 411 g/mol. The largest absolute Gasteiger partial charge is 0.381 e. The van der Waals surface area contributed by atoms with E-state index in [1.165, 1.54) is 5.56 Å². The van der Waals surface area contributed by atoms with Crippen molar-refractivity contribution >= 4 is 21.9 Å². The van der Waals surface area contributed by atoms with Crippen LogP contribution in [0.4, 0.5) is 0 Å². The van der Waals surface area contributed by atoms with Gasteiger partial charge in [-0.15, -0.1) is 0 Å². The third kappa shape index (κ3) is 7.75. The van der Waals surface area contributed by atoms with Gasteiger partial charge in [0.25, 0.3) is 0 Å². The molecule has 6 heteroatoms. The standard InChI is InChI=1S/C19H30BrN3O2/c1-3-21-19(23(2)15-16-5-7-17(20)8-6-16)22-11-4-12-25-18-9-13-24-14-10-18/h5-8,18H,3-4,9-15H2,1-2H3,(H,21,22). The second-order valence-electron chi connectivity index (χ2n) is 6.25. The minimum Gasteiger partial charge on any atom is -0.381 e. The molecule has 0 atom stereocenters. The van der Waals surface area contributed by atoms with Gasteiger partial charge in [-0.3, -0.25) is 4.99 Å². The summed E-state index contributed by atoms with van der Waals surface area (Å²) in [5.41, 5.74) is 1.26. The molecule has 0 bridgehead atoms. The molecule has 0 aromatic heterocycles. The molecule has 2 rings (SSSR count). The third-order valence-corrected chi connectivity index (χ3v) is 4.64. The molecule has 1 aliphatic heterocycles. The van der Waals surface area contributed by atoms with Gasteiger partial charge in [0, 0.05) is 51.0 Å². The van der Waals surface area contributed by atoms with E-state index in [1.807, 2.05) is 0 Å². The van der Waals surface area contributed by atoms with Gasteiger partial charge in [-0.1, -0.05) is 28.1 Å². The number of nitrogens with one attached hydrogen (secondary N) is 1. The molecule has 1 saturated heterocycles. The maximum Gasteiger partial charge on any atom is 0.193 e. The smallest absolute Gasteiger partial charge is 0.193 e. The predicted molar refractivity (Wildman–Crippen MR) is 106 cm³/mol. The molecule has 1 aliphatic rings. The van der Waals surface area contributed by atoms with E-state index >= 15 is 0 Å². The van der Waals surface area contributed by atoms with Crippen LogP contribution in [0.1, 0.15) is 31.7 Å². The molecule has 1 aromatic carbocycles. The number of aliphatic imine (C=N–C) groups is 1. The van der Waals surface area contributed by atoms with Crippen molar-refractivity contribution in [2.75, 3.05) is 40.0 Å². The van der Waals surface area contributed by atoms with Gasteiger partial charge < -0.3 is 19.7 Å². The first-order chi connectivity index (χ1) is 12.2. The van der Waals surface area contributed by atoms with Crippen LogP contribution in [-0.4, -0.2) is 56.9 Å². The molecule has 1 heterocycles. The Morgan fingerprint density at radius 1 is 1.32 bits per heavy atom. The van der Waals surface area contributed by atoms with Gasteiger partial charge in [0.05, 0.1) is 6.10 Å². The van der Waals surface area contributed by atoms with Crippen LogP contribution < -0.4 is 5.32 Å². The average Bonchev–Trinajstić information content (AvgIpc) is 2.63. The van der Waals surface area contributed by atoms with E-state index in [0.29, 0.717) is 6.10 Å². The quantitative estimate of drug-likeness (QED) is 0.404. The summed E-state index contributed by atoms with van der Waals surface area (Å²) in [7, 11) is 2.07. The van der Waals surface area contributed by atoms with Crippen LogP contribution in [0.5, 0.6) is 0 Å². The second-order valence-corrected chi connectivity index (χ2v) is 7.17. The van der Waals surface area contributed by atoms with Gasteiger partial charge in [0.15, 0.2) is 5.96 Å². The maximum atomic E-state index is 5.90. The molecule has 0 unspecified atom stereocenters. The van der Waals surface area contributed by atoms with E-state index in [2.05, 4.69) is 64.4 Å². The molecule has 0 amide bonds. The van der Waals surface area contributed by atoms with Crippen molar-refractivity contribution in [2.24, 2.45) is 4.99 Å². The lowest BCUT2D eigenvalue weighted by molar-refractivity contribution is -0.0318. The fourth-order valence-corrected chi connectivity index (χ4v) is 3.01. The van der Waals surface area contributed by atoms with Crippen LogP contribution in [0.15, 0.2) is 33.7 Å². The van der Waals surface area contributed by atoms with Crippen molar-refractivity contribution in [3.63, 3.8) is 0 Å². The lowest BCUT2D eigenvalue weighted by Gasteiger charge is -2.23. The SMILES string of the molecule is CCNC(=NCCCOC1CCOCC1)N(C)Cc1ccc(Br)cc1. The van der Waals surface area contributed by atoms with Crippen molar-refractivity contribution in [3.8, 4) is 0 Å². The lowest BCUT2D eigenvalue weighted by Crippen LogP contribution is -2.38. The first-order valence-electron chi connectivity index (χ1n) is 9.12. The summed E-state index contributed by atoms with van der Waals surface area (Å²) < 4.78 is 12.4. The van der Waals surface area contributed by atoms with E-state index < -0.39 is 0 Å². The Morgan fingerprint density at radius 2 is 2.04 bits per heavy atom. The molecule has 0 radical (unpaired) electrons. The summed E-state index contributed by atoms with van der Waals surface area (Å²) in [4.78, 5) is 6.89. The van der Waals surface area contributed by atoms with Crippen molar-refractivity contribution in [1.29, 1.82) is 0 Å². The summed E-state index contributed by atoms with van der Waals surface area (Å²) in [5.74, 6) is 0.941. The summed E-state index contributed by atoms with van der Waals surface area (Å²) in [5, 5.41) is 3.36. The third-order valence-electron chi connectivity index (χ3n) is 4.12. The Balaban J connectivity index is 1.75. The number of hydrogen-bond acceptors (Lipinski definition) is 3. The molecule has 0 aliphatic carbocycles. The van der Waals surface area contributed by atoms with Gasteiger partial charge in [-0.05, 0) is 43.9 Å². The van der Waals surface area contributed by atoms with Crippen LogP contribution in [-0.2, 0) is 16.0 Å². The van der Waals surface area contributed by atoms with E-state index in [1.54, 1.807) is 0 Å². The van der Waals surface area contributed by atoms with E-state index in [4.69, 9.17) is 14.5 Å².